The summed E-state index contributed by atoms with van der Waals surface area (Å²) in [5, 5.41) is 4.54. The third kappa shape index (κ3) is 5.26. The molecule has 0 N–H and O–H groups in total. The van der Waals surface area contributed by atoms with Crippen molar-refractivity contribution in [3.8, 4) is 0 Å². The number of aryl methyl sites for hydroxylation is 1. The molecule has 0 radical (unpaired) electrons. The molecule has 0 aliphatic heterocycles. The summed E-state index contributed by atoms with van der Waals surface area (Å²) in [4.78, 5) is 33.7. The molecular weight excluding hydrogens is 446 g/mol. The predicted octanol–water partition coefficient (Wildman–Crippen LogP) is 4.90. The van der Waals surface area contributed by atoms with E-state index in [-0.39, 0.29) is 17.2 Å². The zero-order valence-electron chi connectivity index (χ0n) is 17.2. The van der Waals surface area contributed by atoms with Crippen LogP contribution < -0.4 is 5.56 Å². The minimum atomic E-state index is -0.0249. The van der Waals surface area contributed by atoms with Gasteiger partial charge in [-0.05, 0) is 41.8 Å². The Morgan fingerprint density at radius 1 is 1.10 bits per heavy atom. The van der Waals surface area contributed by atoms with Crippen molar-refractivity contribution in [2.24, 2.45) is 0 Å². The monoisotopic (exact) mass is 469 g/mol. The highest BCUT2D eigenvalue weighted by Gasteiger charge is 2.17. The molecule has 0 unspecified atom stereocenters. The summed E-state index contributed by atoms with van der Waals surface area (Å²) < 4.78 is 2.39. The van der Waals surface area contributed by atoms with Crippen LogP contribution in [0.15, 0.2) is 69.2 Å². The highest BCUT2D eigenvalue weighted by Crippen LogP contribution is 2.22. The lowest BCUT2D eigenvalue weighted by Crippen LogP contribution is -2.32. The van der Waals surface area contributed by atoms with E-state index in [0.717, 1.165) is 12.0 Å². The topological polar surface area (TPSA) is 55.2 Å². The van der Waals surface area contributed by atoms with Crippen molar-refractivity contribution in [2.45, 2.75) is 31.6 Å². The number of thiophene rings is 2. The fourth-order valence-corrected chi connectivity index (χ4v) is 5.71. The van der Waals surface area contributed by atoms with Crippen LogP contribution in [-0.4, -0.2) is 32.7 Å². The van der Waals surface area contributed by atoms with Gasteiger partial charge in [-0.15, -0.1) is 22.7 Å². The van der Waals surface area contributed by atoms with Gasteiger partial charge in [0, 0.05) is 24.5 Å². The maximum Gasteiger partial charge on any atom is 0.272 e. The Morgan fingerprint density at radius 3 is 2.68 bits per heavy atom. The number of carbonyl (C=O) groups excluding carboxylic acids is 1. The second-order valence-electron chi connectivity index (χ2n) is 7.00. The SMILES string of the molecule is CCN(Cc1ccccc1)C(=O)CSc1nc2ccsc2c(=O)n1CCc1cccs1. The van der Waals surface area contributed by atoms with Crippen molar-refractivity contribution in [3.05, 3.63) is 80.1 Å². The number of fused-ring (bicyclic) bond motifs is 1. The molecule has 1 amide bonds. The van der Waals surface area contributed by atoms with Crippen molar-refractivity contribution >= 4 is 50.6 Å². The van der Waals surface area contributed by atoms with Crippen LogP contribution in [0.4, 0.5) is 0 Å². The number of aromatic nitrogens is 2. The van der Waals surface area contributed by atoms with Gasteiger partial charge in [0.25, 0.3) is 5.56 Å². The van der Waals surface area contributed by atoms with E-state index >= 15 is 0 Å². The van der Waals surface area contributed by atoms with Crippen LogP contribution in [0.5, 0.6) is 0 Å². The van der Waals surface area contributed by atoms with Crippen LogP contribution in [0.3, 0.4) is 0 Å². The number of amides is 1. The Hall–Kier alpha value is -2.42. The average molecular weight is 470 g/mol. The normalized spacial score (nSPS) is 11.1. The molecule has 4 rings (SSSR count). The molecule has 1 aromatic carbocycles. The summed E-state index contributed by atoms with van der Waals surface area (Å²) in [5.74, 6) is 0.294. The van der Waals surface area contributed by atoms with E-state index in [2.05, 4.69) is 6.07 Å². The molecule has 4 aromatic rings. The van der Waals surface area contributed by atoms with Gasteiger partial charge in [-0.25, -0.2) is 4.98 Å². The highest BCUT2D eigenvalue weighted by atomic mass is 32.2. The molecule has 0 aliphatic carbocycles. The lowest BCUT2D eigenvalue weighted by molar-refractivity contribution is -0.128. The molecule has 0 bridgehead atoms. The molecule has 3 aromatic heterocycles. The Morgan fingerprint density at radius 2 is 1.94 bits per heavy atom. The highest BCUT2D eigenvalue weighted by molar-refractivity contribution is 7.99. The van der Waals surface area contributed by atoms with E-state index in [1.807, 2.05) is 65.0 Å². The maximum absolute atomic E-state index is 13.1. The van der Waals surface area contributed by atoms with Gasteiger partial charge >= 0.3 is 0 Å². The number of hydrogen-bond acceptors (Lipinski definition) is 6. The van der Waals surface area contributed by atoms with Crippen LogP contribution in [0, 0.1) is 0 Å². The van der Waals surface area contributed by atoms with E-state index in [0.29, 0.717) is 35.0 Å². The average Bonchev–Trinajstić information content (AvgIpc) is 3.48. The molecule has 0 fully saturated rings. The van der Waals surface area contributed by atoms with Crippen molar-refractivity contribution in [1.29, 1.82) is 0 Å². The molecule has 0 saturated carbocycles. The Kier molecular flexibility index (Phi) is 7.21. The second kappa shape index (κ2) is 10.3. The maximum atomic E-state index is 13.1. The fourth-order valence-electron chi connectivity index (χ4n) is 3.31. The van der Waals surface area contributed by atoms with Gasteiger partial charge in [-0.3, -0.25) is 14.2 Å². The van der Waals surface area contributed by atoms with Gasteiger partial charge in [-0.1, -0.05) is 48.2 Å². The molecular formula is C23H23N3O2S3. The number of thioether (sulfide) groups is 1. The third-order valence-electron chi connectivity index (χ3n) is 4.97. The largest absolute Gasteiger partial charge is 0.338 e. The predicted molar refractivity (Wildman–Crippen MR) is 130 cm³/mol. The summed E-state index contributed by atoms with van der Waals surface area (Å²) in [6.07, 6.45) is 0.771. The first-order valence-electron chi connectivity index (χ1n) is 10.1. The van der Waals surface area contributed by atoms with Gasteiger partial charge in [0.1, 0.15) is 4.70 Å². The van der Waals surface area contributed by atoms with E-state index in [9.17, 15) is 9.59 Å². The van der Waals surface area contributed by atoms with Gasteiger partial charge in [0.05, 0.1) is 11.3 Å². The minimum absolute atomic E-state index is 0.0249. The number of benzene rings is 1. The van der Waals surface area contributed by atoms with Crippen LogP contribution in [0.2, 0.25) is 0 Å². The lowest BCUT2D eigenvalue weighted by atomic mass is 10.2. The minimum Gasteiger partial charge on any atom is -0.338 e. The van der Waals surface area contributed by atoms with Crippen molar-refractivity contribution in [3.63, 3.8) is 0 Å². The van der Waals surface area contributed by atoms with Gasteiger partial charge in [-0.2, -0.15) is 0 Å². The molecule has 0 atom stereocenters. The van der Waals surface area contributed by atoms with Crippen LogP contribution in [0.1, 0.15) is 17.4 Å². The third-order valence-corrected chi connectivity index (χ3v) is 7.76. The lowest BCUT2D eigenvalue weighted by Gasteiger charge is -2.21. The summed E-state index contributed by atoms with van der Waals surface area (Å²) in [6.45, 7) is 3.76. The Balaban J connectivity index is 1.51. The standard InChI is InChI=1S/C23H23N3O2S3/c1-2-25(15-17-7-4-3-5-8-17)20(27)16-31-23-24-19-11-14-30-21(19)22(28)26(23)12-10-18-9-6-13-29-18/h3-9,11,13-14H,2,10,12,15-16H2,1H3. The number of hydrogen-bond donors (Lipinski definition) is 0. The molecule has 160 valence electrons. The first-order chi connectivity index (χ1) is 15.2. The summed E-state index contributed by atoms with van der Waals surface area (Å²) in [6, 6.07) is 15.9. The van der Waals surface area contributed by atoms with E-state index in [1.54, 1.807) is 15.9 Å². The number of nitrogens with zero attached hydrogens (tertiary/aromatic N) is 3. The molecule has 8 heteroatoms. The van der Waals surface area contributed by atoms with Crippen LogP contribution in [0.25, 0.3) is 10.2 Å². The fraction of sp³-hybridized carbons (Fsp3) is 0.261. The van der Waals surface area contributed by atoms with Gasteiger partial charge < -0.3 is 4.90 Å². The number of rotatable bonds is 9. The van der Waals surface area contributed by atoms with Crippen LogP contribution in [-0.2, 0) is 24.3 Å². The van der Waals surface area contributed by atoms with E-state index in [4.69, 9.17) is 4.98 Å². The molecule has 0 aliphatic rings. The van der Waals surface area contributed by atoms with Crippen molar-refractivity contribution in [2.75, 3.05) is 12.3 Å². The van der Waals surface area contributed by atoms with Crippen molar-refractivity contribution < 1.29 is 4.79 Å². The molecule has 0 saturated heterocycles. The summed E-state index contributed by atoms with van der Waals surface area (Å²) in [5.41, 5.74) is 1.78. The summed E-state index contributed by atoms with van der Waals surface area (Å²) in [7, 11) is 0. The van der Waals surface area contributed by atoms with Crippen molar-refractivity contribution in [1.82, 2.24) is 14.5 Å². The quantitative estimate of drug-likeness (QED) is 0.258. The first kappa shape index (κ1) is 21.8. The Bertz CT molecular complexity index is 1200. The smallest absolute Gasteiger partial charge is 0.272 e. The number of carbonyl (C=O) groups is 1. The zero-order valence-corrected chi connectivity index (χ0v) is 19.6. The molecule has 31 heavy (non-hydrogen) atoms. The molecule has 3 heterocycles. The second-order valence-corrected chi connectivity index (χ2v) is 9.89. The van der Waals surface area contributed by atoms with E-state index in [1.165, 1.54) is 28.0 Å². The van der Waals surface area contributed by atoms with Gasteiger partial charge in [0.2, 0.25) is 5.91 Å². The van der Waals surface area contributed by atoms with E-state index < -0.39 is 0 Å². The van der Waals surface area contributed by atoms with Gasteiger partial charge in [0.15, 0.2) is 5.16 Å². The molecule has 0 spiro atoms. The first-order valence-corrected chi connectivity index (χ1v) is 12.8. The zero-order chi connectivity index (χ0) is 21.6. The van der Waals surface area contributed by atoms with Crippen LogP contribution >= 0.6 is 34.4 Å². The Labute approximate surface area is 193 Å². The molecule has 5 nitrogen and oxygen atoms in total. The summed E-state index contributed by atoms with van der Waals surface area (Å²) >= 11 is 4.45.